The molecule has 1 aliphatic carbocycles. The lowest BCUT2D eigenvalue weighted by Gasteiger charge is -2.25. The van der Waals surface area contributed by atoms with Crippen LogP contribution in [0.5, 0.6) is 0 Å². The third-order valence-corrected chi connectivity index (χ3v) is 5.63. The van der Waals surface area contributed by atoms with E-state index in [0.717, 1.165) is 0 Å². The van der Waals surface area contributed by atoms with Crippen molar-refractivity contribution in [2.24, 2.45) is 0 Å². The molecule has 0 fully saturated rings. The Balaban J connectivity index is 1.60. The molecule has 0 radical (unpaired) electrons. The zero-order valence-electron chi connectivity index (χ0n) is 14.8. The fraction of sp³-hybridized carbons (Fsp3) is 0.120. The molecule has 2 aliphatic rings. The predicted octanol–water partition coefficient (Wildman–Crippen LogP) is 5.91. The van der Waals surface area contributed by atoms with Crippen LogP contribution in [0.2, 0.25) is 0 Å². The summed E-state index contributed by atoms with van der Waals surface area (Å²) in [4.78, 5) is 2.41. The number of benzene rings is 3. The van der Waals surface area contributed by atoms with Gasteiger partial charge in [0.05, 0.1) is 6.04 Å². The van der Waals surface area contributed by atoms with Crippen LogP contribution in [0.3, 0.4) is 0 Å². The van der Waals surface area contributed by atoms with Crippen molar-refractivity contribution in [2.45, 2.75) is 12.0 Å². The Morgan fingerprint density at radius 1 is 0.731 bits per heavy atom. The maximum Gasteiger partial charge on any atom is 0.0577 e. The van der Waals surface area contributed by atoms with Gasteiger partial charge in [-0.1, -0.05) is 85.0 Å². The number of rotatable bonds is 2. The maximum atomic E-state index is 2.44. The van der Waals surface area contributed by atoms with Gasteiger partial charge in [0, 0.05) is 18.7 Å². The first-order valence-electron chi connectivity index (χ1n) is 9.19. The number of hydrogen-bond donors (Lipinski definition) is 0. The highest BCUT2D eigenvalue weighted by Gasteiger charge is 2.35. The van der Waals surface area contributed by atoms with Crippen molar-refractivity contribution in [1.29, 1.82) is 0 Å². The van der Waals surface area contributed by atoms with Gasteiger partial charge in [-0.05, 0) is 40.0 Å². The third-order valence-electron chi connectivity index (χ3n) is 5.63. The summed E-state index contributed by atoms with van der Waals surface area (Å²) in [5, 5.41) is 0. The van der Waals surface area contributed by atoms with E-state index in [0.29, 0.717) is 12.0 Å². The van der Waals surface area contributed by atoms with Crippen molar-refractivity contribution in [3.63, 3.8) is 0 Å². The normalized spacial score (nSPS) is 20.5. The van der Waals surface area contributed by atoms with Gasteiger partial charge in [0.25, 0.3) is 0 Å². The predicted molar refractivity (Wildman–Crippen MR) is 110 cm³/mol. The van der Waals surface area contributed by atoms with Gasteiger partial charge in [0.2, 0.25) is 0 Å². The van der Waals surface area contributed by atoms with Crippen molar-refractivity contribution in [1.82, 2.24) is 0 Å². The Hall–Kier alpha value is -3.06. The SMILES string of the molecule is CN1c2ccc(-c3ccccc3)cc2C2C=C(c3ccccc3)C=CC21. The molecule has 1 heterocycles. The summed E-state index contributed by atoms with van der Waals surface area (Å²) in [6.07, 6.45) is 7.07. The summed E-state index contributed by atoms with van der Waals surface area (Å²) >= 11 is 0. The molecule has 0 amide bonds. The van der Waals surface area contributed by atoms with Gasteiger partial charge in [-0.15, -0.1) is 0 Å². The van der Waals surface area contributed by atoms with E-state index in [1.165, 1.54) is 33.5 Å². The Morgan fingerprint density at radius 2 is 1.42 bits per heavy atom. The molecule has 5 rings (SSSR count). The highest BCUT2D eigenvalue weighted by Crippen LogP contribution is 2.46. The van der Waals surface area contributed by atoms with E-state index in [2.05, 4.69) is 109 Å². The minimum absolute atomic E-state index is 0.402. The lowest BCUT2D eigenvalue weighted by molar-refractivity contribution is 0.725. The highest BCUT2D eigenvalue weighted by atomic mass is 15.2. The second-order valence-electron chi connectivity index (χ2n) is 7.11. The summed E-state index contributed by atoms with van der Waals surface area (Å²) in [5.41, 5.74) is 7.95. The van der Waals surface area contributed by atoms with Gasteiger partial charge >= 0.3 is 0 Å². The van der Waals surface area contributed by atoms with Crippen LogP contribution in [-0.4, -0.2) is 13.1 Å². The molecule has 2 unspecified atom stereocenters. The van der Waals surface area contributed by atoms with Gasteiger partial charge < -0.3 is 4.90 Å². The minimum atomic E-state index is 0.402. The molecule has 0 spiro atoms. The van der Waals surface area contributed by atoms with Crippen LogP contribution in [0.1, 0.15) is 17.0 Å². The summed E-state index contributed by atoms with van der Waals surface area (Å²) in [5.74, 6) is 0.402. The monoisotopic (exact) mass is 335 g/mol. The fourth-order valence-electron chi connectivity index (χ4n) is 4.25. The van der Waals surface area contributed by atoms with Crippen molar-refractivity contribution >= 4 is 11.3 Å². The minimum Gasteiger partial charge on any atom is -0.367 e. The first kappa shape index (κ1) is 15.2. The molecule has 0 N–H and O–H groups in total. The van der Waals surface area contributed by atoms with Crippen LogP contribution >= 0.6 is 0 Å². The molecule has 3 aromatic rings. The Labute approximate surface area is 154 Å². The molecule has 126 valence electrons. The fourth-order valence-corrected chi connectivity index (χ4v) is 4.25. The molecular weight excluding hydrogens is 314 g/mol. The van der Waals surface area contributed by atoms with Gasteiger partial charge in [-0.25, -0.2) is 0 Å². The number of nitrogens with zero attached hydrogens (tertiary/aromatic N) is 1. The first-order valence-corrected chi connectivity index (χ1v) is 9.19. The molecular formula is C25H21N. The van der Waals surface area contributed by atoms with Crippen molar-refractivity contribution in [2.75, 3.05) is 11.9 Å². The summed E-state index contributed by atoms with van der Waals surface area (Å²) in [7, 11) is 2.21. The van der Waals surface area contributed by atoms with Crippen LogP contribution in [-0.2, 0) is 0 Å². The largest absolute Gasteiger partial charge is 0.367 e. The number of anilines is 1. The van der Waals surface area contributed by atoms with E-state index in [9.17, 15) is 0 Å². The standard InChI is InChI=1S/C25H21N/c1-26-24-14-12-20(18-8-4-2-5-9-18)16-22(24)23-17-21(13-15-25(23)26)19-10-6-3-7-11-19/h2-17,22,24H,1H3. The molecule has 1 heteroatoms. The van der Waals surface area contributed by atoms with Crippen LogP contribution in [0, 0.1) is 0 Å². The summed E-state index contributed by atoms with van der Waals surface area (Å²) in [6, 6.07) is 28.6. The molecule has 0 bridgehead atoms. The molecule has 1 nitrogen and oxygen atoms in total. The van der Waals surface area contributed by atoms with E-state index in [-0.39, 0.29) is 0 Å². The van der Waals surface area contributed by atoms with Crippen LogP contribution in [0.4, 0.5) is 5.69 Å². The molecule has 3 aromatic carbocycles. The lowest BCUT2D eigenvalue weighted by atomic mass is 9.85. The second kappa shape index (κ2) is 6.03. The second-order valence-corrected chi connectivity index (χ2v) is 7.11. The zero-order valence-corrected chi connectivity index (χ0v) is 14.8. The number of allylic oxidation sites excluding steroid dienone is 2. The van der Waals surface area contributed by atoms with Crippen LogP contribution in [0.15, 0.2) is 97.1 Å². The average Bonchev–Trinajstić information content (AvgIpc) is 3.01. The van der Waals surface area contributed by atoms with Gasteiger partial charge in [0.15, 0.2) is 0 Å². The molecule has 1 aliphatic heterocycles. The zero-order chi connectivity index (χ0) is 17.5. The summed E-state index contributed by atoms with van der Waals surface area (Å²) in [6.45, 7) is 0. The quantitative estimate of drug-likeness (QED) is 0.563. The van der Waals surface area contributed by atoms with Gasteiger partial charge in [-0.2, -0.15) is 0 Å². The summed E-state index contributed by atoms with van der Waals surface area (Å²) < 4.78 is 0. The van der Waals surface area contributed by atoms with E-state index in [4.69, 9.17) is 0 Å². The third kappa shape index (κ3) is 2.40. The van der Waals surface area contributed by atoms with Crippen LogP contribution < -0.4 is 4.90 Å². The van der Waals surface area contributed by atoms with E-state index >= 15 is 0 Å². The first-order chi connectivity index (χ1) is 12.8. The molecule has 2 atom stereocenters. The molecule has 0 saturated carbocycles. The topological polar surface area (TPSA) is 3.24 Å². The average molecular weight is 335 g/mol. The Kier molecular flexibility index (Phi) is 3.53. The molecule has 0 aromatic heterocycles. The maximum absolute atomic E-state index is 2.44. The number of hydrogen-bond acceptors (Lipinski definition) is 1. The van der Waals surface area contributed by atoms with Crippen molar-refractivity contribution in [3.05, 3.63) is 108 Å². The van der Waals surface area contributed by atoms with Gasteiger partial charge in [-0.3, -0.25) is 0 Å². The van der Waals surface area contributed by atoms with E-state index < -0.39 is 0 Å². The lowest BCUT2D eigenvalue weighted by Crippen LogP contribution is -2.29. The van der Waals surface area contributed by atoms with Gasteiger partial charge in [0.1, 0.15) is 0 Å². The van der Waals surface area contributed by atoms with Crippen LogP contribution in [0.25, 0.3) is 16.7 Å². The molecule has 26 heavy (non-hydrogen) atoms. The Morgan fingerprint density at radius 3 is 2.15 bits per heavy atom. The van der Waals surface area contributed by atoms with E-state index in [1.54, 1.807) is 0 Å². The smallest absolute Gasteiger partial charge is 0.0577 e. The molecule has 0 saturated heterocycles. The Bertz CT molecular complexity index is 999. The van der Waals surface area contributed by atoms with Crippen molar-refractivity contribution in [3.8, 4) is 11.1 Å². The van der Waals surface area contributed by atoms with Crippen molar-refractivity contribution < 1.29 is 0 Å². The number of fused-ring (bicyclic) bond motifs is 3. The highest BCUT2D eigenvalue weighted by molar-refractivity contribution is 5.81. The number of likely N-dealkylation sites (N-methyl/N-ethyl adjacent to an activating group) is 1. The van der Waals surface area contributed by atoms with E-state index in [1.807, 2.05) is 0 Å².